The second-order valence-corrected chi connectivity index (χ2v) is 6.74. The highest BCUT2D eigenvalue weighted by Crippen LogP contribution is 2.25. The smallest absolute Gasteiger partial charge is 0.241 e. The third-order valence-corrected chi connectivity index (χ3v) is 4.92. The Morgan fingerprint density at radius 3 is 2.58 bits per heavy atom. The quantitative estimate of drug-likeness (QED) is 0.787. The molecule has 2 fully saturated rings. The van der Waals surface area contributed by atoms with Gasteiger partial charge in [0.15, 0.2) is 6.29 Å². The number of carbonyl (C=O) groups is 2. The van der Waals surface area contributed by atoms with Crippen LogP contribution in [0.3, 0.4) is 0 Å². The van der Waals surface area contributed by atoms with E-state index >= 15 is 0 Å². The standard InChI is InChI=1S/C19H27N3O4/c20-17(23)9-11-22(15-6-2-1-3-7-15)18(24)14-21-10-5-4-8-16(21)19-25-12-13-26-19/h1-3,6-7,16,19H,4-5,8-14H2,(H2,20,23). The highest BCUT2D eigenvalue weighted by molar-refractivity contribution is 5.95. The van der Waals surface area contributed by atoms with E-state index in [1.807, 2.05) is 30.3 Å². The summed E-state index contributed by atoms with van der Waals surface area (Å²) in [6.07, 6.45) is 3.02. The fourth-order valence-corrected chi connectivity index (χ4v) is 3.61. The monoisotopic (exact) mass is 361 g/mol. The van der Waals surface area contributed by atoms with Crippen molar-refractivity contribution < 1.29 is 19.1 Å². The molecule has 0 radical (unpaired) electrons. The van der Waals surface area contributed by atoms with Gasteiger partial charge in [0.1, 0.15) is 0 Å². The molecule has 2 aliphatic heterocycles. The molecule has 2 N–H and O–H groups in total. The lowest BCUT2D eigenvalue weighted by molar-refractivity contribution is -0.129. The Kier molecular flexibility index (Phi) is 6.60. The largest absolute Gasteiger partial charge is 0.370 e. The number of rotatable bonds is 7. The first-order chi connectivity index (χ1) is 12.6. The maximum absolute atomic E-state index is 13.0. The molecule has 3 rings (SSSR count). The summed E-state index contributed by atoms with van der Waals surface area (Å²) >= 11 is 0. The second-order valence-electron chi connectivity index (χ2n) is 6.74. The molecule has 2 saturated heterocycles. The normalized spacial score (nSPS) is 21.6. The first-order valence-corrected chi connectivity index (χ1v) is 9.26. The second kappa shape index (κ2) is 9.12. The lowest BCUT2D eigenvalue weighted by Gasteiger charge is -2.38. The summed E-state index contributed by atoms with van der Waals surface area (Å²) in [4.78, 5) is 28.1. The van der Waals surface area contributed by atoms with Gasteiger partial charge in [-0.3, -0.25) is 14.5 Å². The summed E-state index contributed by atoms with van der Waals surface area (Å²) < 4.78 is 11.4. The molecule has 0 bridgehead atoms. The van der Waals surface area contributed by atoms with Crippen molar-refractivity contribution in [1.82, 2.24) is 4.90 Å². The number of hydrogen-bond donors (Lipinski definition) is 1. The van der Waals surface area contributed by atoms with Crippen molar-refractivity contribution in [2.75, 3.05) is 37.7 Å². The van der Waals surface area contributed by atoms with E-state index in [1.165, 1.54) is 0 Å². The molecule has 7 nitrogen and oxygen atoms in total. The van der Waals surface area contributed by atoms with Crippen LogP contribution in [0.1, 0.15) is 25.7 Å². The highest BCUT2D eigenvalue weighted by atomic mass is 16.7. The number of para-hydroxylation sites is 1. The predicted molar refractivity (Wildman–Crippen MR) is 97.5 cm³/mol. The number of amides is 2. The van der Waals surface area contributed by atoms with Gasteiger partial charge in [0.05, 0.1) is 25.8 Å². The number of nitrogens with two attached hydrogens (primary N) is 1. The topological polar surface area (TPSA) is 85.1 Å². The Morgan fingerprint density at radius 1 is 1.15 bits per heavy atom. The zero-order valence-electron chi connectivity index (χ0n) is 15.0. The van der Waals surface area contributed by atoms with Gasteiger partial charge in [-0.25, -0.2) is 0 Å². The molecule has 2 heterocycles. The van der Waals surface area contributed by atoms with Crippen molar-refractivity contribution in [3.05, 3.63) is 30.3 Å². The van der Waals surface area contributed by atoms with Gasteiger partial charge in [0.25, 0.3) is 0 Å². The summed E-state index contributed by atoms with van der Waals surface area (Å²) in [6.45, 7) is 2.63. The van der Waals surface area contributed by atoms with Gasteiger partial charge < -0.3 is 20.1 Å². The van der Waals surface area contributed by atoms with E-state index in [9.17, 15) is 9.59 Å². The Labute approximate surface area is 154 Å². The molecule has 2 amide bonds. The minimum absolute atomic E-state index is 0.0395. The number of likely N-dealkylation sites (tertiary alicyclic amines) is 1. The van der Waals surface area contributed by atoms with Crippen molar-refractivity contribution >= 4 is 17.5 Å². The van der Waals surface area contributed by atoms with Crippen LogP contribution in [0.2, 0.25) is 0 Å². The number of carbonyl (C=O) groups excluding carboxylic acids is 2. The van der Waals surface area contributed by atoms with Crippen molar-refractivity contribution in [2.24, 2.45) is 5.73 Å². The van der Waals surface area contributed by atoms with Gasteiger partial charge in [-0.2, -0.15) is 0 Å². The molecule has 0 aromatic heterocycles. The fraction of sp³-hybridized carbons (Fsp3) is 0.579. The molecule has 1 aromatic rings. The fourth-order valence-electron chi connectivity index (χ4n) is 3.61. The van der Waals surface area contributed by atoms with Crippen LogP contribution < -0.4 is 10.6 Å². The Bertz CT molecular complexity index is 604. The summed E-state index contributed by atoms with van der Waals surface area (Å²) in [5.74, 6) is -0.454. The first kappa shape index (κ1) is 18.8. The van der Waals surface area contributed by atoms with Gasteiger partial charge >= 0.3 is 0 Å². The van der Waals surface area contributed by atoms with Crippen molar-refractivity contribution in [2.45, 2.75) is 38.0 Å². The minimum Gasteiger partial charge on any atom is -0.370 e. The van der Waals surface area contributed by atoms with Crippen molar-refractivity contribution in [3.63, 3.8) is 0 Å². The van der Waals surface area contributed by atoms with Gasteiger partial charge in [-0.05, 0) is 31.5 Å². The molecule has 2 aliphatic rings. The third-order valence-electron chi connectivity index (χ3n) is 4.92. The average Bonchev–Trinajstić information content (AvgIpc) is 3.17. The Hall–Kier alpha value is -1.96. The van der Waals surface area contributed by atoms with E-state index in [0.29, 0.717) is 13.2 Å². The summed E-state index contributed by atoms with van der Waals surface area (Å²) in [7, 11) is 0. The number of hydrogen-bond acceptors (Lipinski definition) is 5. The summed E-state index contributed by atoms with van der Waals surface area (Å²) in [5, 5.41) is 0. The first-order valence-electron chi connectivity index (χ1n) is 9.26. The van der Waals surface area contributed by atoms with E-state index in [2.05, 4.69) is 4.90 Å². The molecule has 1 unspecified atom stereocenters. The van der Waals surface area contributed by atoms with E-state index in [1.54, 1.807) is 4.90 Å². The number of ether oxygens (including phenoxy) is 2. The highest BCUT2D eigenvalue weighted by Gasteiger charge is 2.35. The molecule has 7 heteroatoms. The number of nitrogens with zero attached hydrogens (tertiary/aromatic N) is 2. The van der Waals surface area contributed by atoms with Crippen LogP contribution in [0.5, 0.6) is 0 Å². The molecule has 1 atom stereocenters. The molecule has 142 valence electrons. The maximum atomic E-state index is 13.0. The van der Waals surface area contributed by atoms with Crippen LogP contribution in [0.25, 0.3) is 0 Å². The molecule has 26 heavy (non-hydrogen) atoms. The third kappa shape index (κ3) is 4.81. The number of piperidine rings is 1. The van der Waals surface area contributed by atoms with Gasteiger partial charge in [0.2, 0.25) is 11.8 Å². The van der Waals surface area contributed by atoms with Gasteiger partial charge in [-0.1, -0.05) is 24.6 Å². The van der Waals surface area contributed by atoms with Gasteiger partial charge in [-0.15, -0.1) is 0 Å². The van der Waals surface area contributed by atoms with Crippen LogP contribution in [-0.4, -0.2) is 61.9 Å². The molecular weight excluding hydrogens is 334 g/mol. The van der Waals surface area contributed by atoms with Crippen LogP contribution in [-0.2, 0) is 19.1 Å². The average molecular weight is 361 g/mol. The summed E-state index contributed by atoms with van der Waals surface area (Å²) in [6, 6.07) is 9.50. The Morgan fingerprint density at radius 2 is 1.88 bits per heavy atom. The number of anilines is 1. The number of benzene rings is 1. The van der Waals surface area contributed by atoms with E-state index < -0.39 is 5.91 Å². The molecular formula is C19H27N3O4. The molecule has 0 spiro atoms. The van der Waals surface area contributed by atoms with E-state index in [0.717, 1.165) is 31.5 Å². The Balaban J connectivity index is 1.69. The summed E-state index contributed by atoms with van der Waals surface area (Å²) in [5.41, 5.74) is 6.07. The van der Waals surface area contributed by atoms with Gasteiger partial charge in [0, 0.05) is 18.7 Å². The molecule has 0 aliphatic carbocycles. The van der Waals surface area contributed by atoms with Crippen molar-refractivity contribution in [3.8, 4) is 0 Å². The molecule has 1 aromatic carbocycles. The van der Waals surface area contributed by atoms with E-state index in [4.69, 9.17) is 15.2 Å². The minimum atomic E-state index is -0.415. The SMILES string of the molecule is NC(=O)CCN(C(=O)CN1CCCCC1C1OCCO1)c1ccccc1. The van der Waals surface area contributed by atoms with Crippen LogP contribution in [0.4, 0.5) is 5.69 Å². The maximum Gasteiger partial charge on any atom is 0.241 e. The van der Waals surface area contributed by atoms with Crippen LogP contribution in [0.15, 0.2) is 30.3 Å². The van der Waals surface area contributed by atoms with Crippen LogP contribution in [0, 0.1) is 0 Å². The zero-order chi connectivity index (χ0) is 18.4. The lowest BCUT2D eigenvalue weighted by atomic mass is 10.0. The lowest BCUT2D eigenvalue weighted by Crippen LogP contribution is -2.51. The molecule has 0 saturated carbocycles. The van der Waals surface area contributed by atoms with Crippen LogP contribution >= 0.6 is 0 Å². The predicted octanol–water partition coefficient (Wildman–Crippen LogP) is 1.12. The number of primary amides is 1. The van der Waals surface area contributed by atoms with E-state index in [-0.39, 0.29) is 37.7 Å². The zero-order valence-corrected chi connectivity index (χ0v) is 15.0. The van der Waals surface area contributed by atoms with Crippen molar-refractivity contribution in [1.29, 1.82) is 0 Å².